The third-order valence-corrected chi connectivity index (χ3v) is 1.98. The summed E-state index contributed by atoms with van der Waals surface area (Å²) in [5.41, 5.74) is 0.352. The van der Waals surface area contributed by atoms with E-state index in [1.807, 2.05) is 6.07 Å². The summed E-state index contributed by atoms with van der Waals surface area (Å²) in [4.78, 5) is 0. The van der Waals surface area contributed by atoms with Crippen LogP contribution in [0.3, 0.4) is 0 Å². The van der Waals surface area contributed by atoms with Crippen LogP contribution in [0, 0.1) is 29.0 Å². The van der Waals surface area contributed by atoms with E-state index in [1.165, 1.54) is 0 Å². The molecule has 0 heterocycles. The van der Waals surface area contributed by atoms with Crippen molar-refractivity contribution in [2.75, 3.05) is 0 Å². The van der Waals surface area contributed by atoms with Gasteiger partial charge in [0.1, 0.15) is 5.82 Å². The quantitative estimate of drug-likeness (QED) is 0.624. The molecule has 1 aromatic carbocycles. The van der Waals surface area contributed by atoms with Crippen molar-refractivity contribution < 1.29 is 4.39 Å². The van der Waals surface area contributed by atoms with E-state index in [0.29, 0.717) is 5.56 Å². The lowest BCUT2D eigenvalue weighted by atomic mass is 10.2. The van der Waals surface area contributed by atoms with Gasteiger partial charge in [-0.25, -0.2) is 4.39 Å². The number of benzene rings is 1. The Kier molecular flexibility index (Phi) is 3.77. The summed E-state index contributed by atoms with van der Waals surface area (Å²) in [7, 11) is 0. The summed E-state index contributed by atoms with van der Waals surface area (Å²) < 4.78 is 12.7. The van der Waals surface area contributed by atoms with Crippen LogP contribution >= 0.6 is 23.2 Å². The minimum atomic E-state index is -0.508. The molecule has 0 aliphatic heterocycles. The smallest absolute Gasteiger partial charge is 0.126 e. The highest BCUT2D eigenvalue weighted by molar-refractivity contribution is 6.36. The van der Waals surface area contributed by atoms with Gasteiger partial charge in [0, 0.05) is 0 Å². The van der Waals surface area contributed by atoms with E-state index in [4.69, 9.17) is 28.5 Å². The summed E-state index contributed by atoms with van der Waals surface area (Å²) in [6, 6.07) is 4.11. The summed E-state index contributed by atoms with van der Waals surface area (Å²) in [6.07, 6.45) is 0.0873. The van der Waals surface area contributed by atoms with Gasteiger partial charge in [0.05, 0.1) is 28.1 Å². The Bertz CT molecular complexity index is 428. The second kappa shape index (κ2) is 4.86. The van der Waals surface area contributed by atoms with Crippen molar-refractivity contribution in [3.8, 4) is 17.9 Å². The van der Waals surface area contributed by atoms with E-state index in [-0.39, 0.29) is 16.5 Å². The molecule has 0 aliphatic rings. The number of halogens is 3. The first-order valence-electron chi connectivity index (χ1n) is 3.65. The Morgan fingerprint density at radius 1 is 1.29 bits per heavy atom. The van der Waals surface area contributed by atoms with Gasteiger partial charge >= 0.3 is 0 Å². The Labute approximate surface area is 91.1 Å². The lowest BCUT2D eigenvalue weighted by molar-refractivity contribution is 0.628. The summed E-state index contributed by atoms with van der Waals surface area (Å²) in [5.74, 6) is 4.65. The second-order valence-corrected chi connectivity index (χ2v) is 3.20. The maximum atomic E-state index is 12.7. The van der Waals surface area contributed by atoms with E-state index in [2.05, 4.69) is 11.8 Å². The maximum absolute atomic E-state index is 12.7. The second-order valence-electron chi connectivity index (χ2n) is 2.38. The van der Waals surface area contributed by atoms with Crippen molar-refractivity contribution >= 4 is 23.2 Å². The standard InChI is InChI=1S/C10H4Cl2FN/c11-9-5-7(13)6-10(12)8(9)3-1-2-4-14/h5-6H,2H2. The van der Waals surface area contributed by atoms with Crippen LogP contribution in [-0.2, 0) is 0 Å². The molecule has 0 bridgehead atoms. The molecule has 0 aliphatic carbocycles. The number of hydrogen-bond acceptors (Lipinski definition) is 1. The molecule has 70 valence electrons. The van der Waals surface area contributed by atoms with Crippen LogP contribution in [0.25, 0.3) is 0 Å². The van der Waals surface area contributed by atoms with Gasteiger partial charge in [0.2, 0.25) is 0 Å². The lowest BCUT2D eigenvalue weighted by Crippen LogP contribution is -1.83. The number of rotatable bonds is 0. The van der Waals surface area contributed by atoms with Crippen molar-refractivity contribution in [3.63, 3.8) is 0 Å². The molecular formula is C10H4Cl2FN. The van der Waals surface area contributed by atoms with Gasteiger partial charge in [-0.1, -0.05) is 35.0 Å². The molecule has 0 unspecified atom stereocenters. The van der Waals surface area contributed by atoms with Gasteiger partial charge in [-0.15, -0.1) is 0 Å². The first kappa shape index (κ1) is 10.9. The van der Waals surface area contributed by atoms with Crippen LogP contribution in [0.4, 0.5) is 4.39 Å². The zero-order valence-electron chi connectivity index (χ0n) is 6.94. The number of nitrogens with zero attached hydrogens (tertiary/aromatic N) is 1. The minimum Gasteiger partial charge on any atom is -0.207 e. The summed E-state index contributed by atoms with van der Waals surface area (Å²) in [6.45, 7) is 0. The average molecular weight is 228 g/mol. The highest BCUT2D eigenvalue weighted by Gasteiger charge is 2.05. The number of nitriles is 1. The Morgan fingerprint density at radius 2 is 1.86 bits per heavy atom. The van der Waals surface area contributed by atoms with Crippen LogP contribution in [-0.4, -0.2) is 0 Å². The van der Waals surface area contributed by atoms with E-state index >= 15 is 0 Å². The Hall–Kier alpha value is -1.22. The summed E-state index contributed by atoms with van der Waals surface area (Å²) >= 11 is 11.4. The molecule has 0 radical (unpaired) electrons. The van der Waals surface area contributed by atoms with Crippen LogP contribution in [0.2, 0.25) is 10.0 Å². The van der Waals surface area contributed by atoms with Crippen LogP contribution in [0.1, 0.15) is 12.0 Å². The third-order valence-electron chi connectivity index (χ3n) is 1.39. The Morgan fingerprint density at radius 3 is 2.36 bits per heavy atom. The molecule has 14 heavy (non-hydrogen) atoms. The predicted octanol–water partition coefficient (Wildman–Crippen LogP) is 3.40. The van der Waals surface area contributed by atoms with Gasteiger partial charge in [-0.3, -0.25) is 0 Å². The molecule has 4 heteroatoms. The SMILES string of the molecule is N#CCC#Cc1c(Cl)cc(F)cc1Cl. The molecule has 1 rings (SSSR count). The van der Waals surface area contributed by atoms with E-state index in [9.17, 15) is 4.39 Å². The molecule has 0 aromatic heterocycles. The highest BCUT2D eigenvalue weighted by atomic mass is 35.5. The fourth-order valence-electron chi connectivity index (χ4n) is 0.834. The molecule has 1 nitrogen and oxygen atoms in total. The topological polar surface area (TPSA) is 23.8 Å². The minimum absolute atomic E-state index is 0.0873. The molecule has 0 amide bonds. The van der Waals surface area contributed by atoms with Gasteiger partial charge in [-0.05, 0) is 12.1 Å². The molecule has 0 N–H and O–H groups in total. The van der Waals surface area contributed by atoms with E-state index in [1.54, 1.807) is 0 Å². The van der Waals surface area contributed by atoms with Gasteiger partial charge in [-0.2, -0.15) is 5.26 Å². The molecular weight excluding hydrogens is 224 g/mol. The summed E-state index contributed by atoms with van der Waals surface area (Å²) in [5, 5.41) is 8.55. The largest absolute Gasteiger partial charge is 0.207 e. The predicted molar refractivity (Wildman–Crippen MR) is 53.5 cm³/mol. The average Bonchev–Trinajstić information content (AvgIpc) is 2.09. The van der Waals surface area contributed by atoms with Crippen LogP contribution < -0.4 is 0 Å². The van der Waals surface area contributed by atoms with Gasteiger partial charge in [0.15, 0.2) is 0 Å². The van der Waals surface area contributed by atoms with Crippen LogP contribution in [0.15, 0.2) is 12.1 Å². The zero-order chi connectivity index (χ0) is 10.6. The molecule has 0 spiro atoms. The van der Waals surface area contributed by atoms with E-state index < -0.39 is 5.82 Å². The first-order valence-corrected chi connectivity index (χ1v) is 4.41. The van der Waals surface area contributed by atoms with Gasteiger partial charge in [0.25, 0.3) is 0 Å². The molecule has 0 fully saturated rings. The fraction of sp³-hybridized carbons (Fsp3) is 0.100. The molecule has 1 aromatic rings. The monoisotopic (exact) mass is 227 g/mol. The Balaban J connectivity index is 3.12. The number of hydrogen-bond donors (Lipinski definition) is 0. The normalized spacial score (nSPS) is 8.71. The molecule has 0 saturated carbocycles. The van der Waals surface area contributed by atoms with Crippen molar-refractivity contribution in [3.05, 3.63) is 33.6 Å². The third kappa shape index (κ3) is 2.64. The van der Waals surface area contributed by atoms with Crippen molar-refractivity contribution in [2.45, 2.75) is 6.42 Å². The van der Waals surface area contributed by atoms with E-state index in [0.717, 1.165) is 12.1 Å². The van der Waals surface area contributed by atoms with Crippen molar-refractivity contribution in [2.24, 2.45) is 0 Å². The van der Waals surface area contributed by atoms with Crippen molar-refractivity contribution in [1.29, 1.82) is 5.26 Å². The van der Waals surface area contributed by atoms with Gasteiger partial charge < -0.3 is 0 Å². The van der Waals surface area contributed by atoms with Crippen molar-refractivity contribution in [1.82, 2.24) is 0 Å². The van der Waals surface area contributed by atoms with Crippen LogP contribution in [0.5, 0.6) is 0 Å². The highest BCUT2D eigenvalue weighted by Crippen LogP contribution is 2.24. The first-order chi connectivity index (χ1) is 6.65. The fourth-order valence-corrected chi connectivity index (χ4v) is 1.39. The maximum Gasteiger partial charge on any atom is 0.126 e. The zero-order valence-corrected chi connectivity index (χ0v) is 8.45. The molecule has 0 saturated heterocycles. The molecule has 0 atom stereocenters. The lowest BCUT2D eigenvalue weighted by Gasteiger charge is -1.98.